The van der Waals surface area contributed by atoms with Crippen LogP contribution in [-0.4, -0.2) is 33.2 Å². The molecule has 6 rings (SSSR count). The first-order chi connectivity index (χ1) is 36.2. The summed E-state index contributed by atoms with van der Waals surface area (Å²) >= 11 is 5.51. The standard InChI is InChI=1S/C34H50O4S.C20H24O2S.C12H10S/c1-23-21-22-24(2)33(25(23)3)39-34-27(5)26(4)29(17-13-9-7-11-15-19-31(35)36)30(28(34)6)18-14-10-8-12-16-20-32(37)38;21-20(22)12-8-3-1-2-5-9-17-13-15-19(16-14-17)23-18-10-6-4-7-11-18;1-3-7-11(8-4-1)13-12-9-5-2-6-10-12/h21-22H,7-20H2,1-6H3,(H,35,36)(H,37,38);4,6-7,10-11,13-16H,1-3,5,8-9,12H2,(H,21,22);1-10H. The van der Waals surface area contributed by atoms with Crippen molar-refractivity contribution in [3.8, 4) is 0 Å². The van der Waals surface area contributed by atoms with Gasteiger partial charge in [0.25, 0.3) is 0 Å². The van der Waals surface area contributed by atoms with Crippen molar-refractivity contribution in [2.75, 3.05) is 0 Å². The molecule has 75 heavy (non-hydrogen) atoms. The highest BCUT2D eigenvalue weighted by molar-refractivity contribution is 8.00. The van der Waals surface area contributed by atoms with Crippen molar-refractivity contribution >= 4 is 53.2 Å². The fraction of sp³-hybridized carbons (Fsp3) is 0.409. The summed E-state index contributed by atoms with van der Waals surface area (Å²) in [7, 11) is 0. The molecule has 402 valence electrons. The molecule has 0 amide bonds. The molecule has 6 aromatic carbocycles. The zero-order valence-corrected chi connectivity index (χ0v) is 48.2. The first-order valence-corrected chi connectivity index (χ1v) is 29.8. The Morgan fingerprint density at radius 3 is 1.08 bits per heavy atom. The summed E-state index contributed by atoms with van der Waals surface area (Å²) in [5.41, 5.74) is 12.7. The number of hydrogen-bond donors (Lipinski definition) is 3. The summed E-state index contributed by atoms with van der Waals surface area (Å²) in [5, 5.41) is 26.3. The van der Waals surface area contributed by atoms with Crippen LogP contribution in [0.1, 0.15) is 166 Å². The molecule has 0 spiro atoms. The second-order valence-electron chi connectivity index (χ2n) is 19.7. The predicted octanol–water partition coefficient (Wildman–Crippen LogP) is 19.3. The smallest absolute Gasteiger partial charge is 0.303 e. The van der Waals surface area contributed by atoms with E-state index in [0.717, 1.165) is 103 Å². The van der Waals surface area contributed by atoms with Crippen LogP contribution in [0.15, 0.2) is 157 Å². The summed E-state index contributed by atoms with van der Waals surface area (Å²) in [4.78, 5) is 39.9. The largest absolute Gasteiger partial charge is 0.481 e. The molecule has 9 heteroatoms. The molecule has 0 heterocycles. The molecule has 0 aromatic heterocycles. The van der Waals surface area contributed by atoms with Crippen LogP contribution in [0, 0.1) is 41.5 Å². The van der Waals surface area contributed by atoms with Crippen molar-refractivity contribution in [3.63, 3.8) is 0 Å². The molecule has 3 N–H and O–H groups in total. The van der Waals surface area contributed by atoms with Crippen LogP contribution in [0.25, 0.3) is 0 Å². The van der Waals surface area contributed by atoms with Crippen molar-refractivity contribution in [1.29, 1.82) is 0 Å². The van der Waals surface area contributed by atoms with Crippen molar-refractivity contribution in [1.82, 2.24) is 0 Å². The van der Waals surface area contributed by atoms with E-state index in [2.05, 4.69) is 151 Å². The third kappa shape index (κ3) is 24.5. The van der Waals surface area contributed by atoms with Gasteiger partial charge in [-0.15, -0.1) is 0 Å². The Balaban J connectivity index is 0.000000281. The van der Waals surface area contributed by atoms with E-state index in [1.807, 2.05) is 30.0 Å². The van der Waals surface area contributed by atoms with Crippen molar-refractivity contribution < 1.29 is 29.7 Å². The van der Waals surface area contributed by atoms with Gasteiger partial charge in [0.05, 0.1) is 0 Å². The third-order valence-corrected chi connectivity index (χ3v) is 17.4. The summed E-state index contributed by atoms with van der Waals surface area (Å²) < 4.78 is 0. The number of aryl methyl sites for hydroxylation is 3. The molecular weight excluding hydrogens is 985 g/mol. The topological polar surface area (TPSA) is 112 Å². The van der Waals surface area contributed by atoms with Crippen LogP contribution in [0.2, 0.25) is 0 Å². The Kier molecular flexibility index (Phi) is 29.9. The Hall–Kier alpha value is -5.22. The predicted molar refractivity (Wildman–Crippen MR) is 317 cm³/mol. The summed E-state index contributed by atoms with van der Waals surface area (Å²) in [5.74, 6) is -2.08. The second-order valence-corrected chi connectivity index (χ2v) is 23.0. The van der Waals surface area contributed by atoms with Gasteiger partial charge in [0, 0.05) is 48.6 Å². The van der Waals surface area contributed by atoms with Crippen molar-refractivity contribution in [3.05, 3.63) is 177 Å². The minimum absolute atomic E-state index is 0.273. The van der Waals surface area contributed by atoms with E-state index in [0.29, 0.717) is 6.42 Å². The molecule has 0 saturated heterocycles. The van der Waals surface area contributed by atoms with E-state index < -0.39 is 17.9 Å². The zero-order valence-electron chi connectivity index (χ0n) is 45.8. The Labute approximate surface area is 463 Å². The molecule has 0 fully saturated rings. The molecule has 0 atom stereocenters. The van der Waals surface area contributed by atoms with Gasteiger partial charge in [0.15, 0.2) is 0 Å². The second kappa shape index (κ2) is 35.9. The highest BCUT2D eigenvalue weighted by Crippen LogP contribution is 2.42. The lowest BCUT2D eigenvalue weighted by Crippen LogP contribution is -2.07. The normalized spacial score (nSPS) is 10.8. The van der Waals surface area contributed by atoms with Gasteiger partial charge >= 0.3 is 17.9 Å². The van der Waals surface area contributed by atoms with Gasteiger partial charge in [-0.1, -0.05) is 172 Å². The highest BCUT2D eigenvalue weighted by Gasteiger charge is 2.20. The van der Waals surface area contributed by atoms with Gasteiger partial charge < -0.3 is 15.3 Å². The van der Waals surface area contributed by atoms with Gasteiger partial charge in [0.1, 0.15) is 0 Å². The number of unbranched alkanes of at least 4 members (excludes halogenated alkanes) is 12. The van der Waals surface area contributed by atoms with E-state index in [4.69, 9.17) is 15.3 Å². The lowest BCUT2D eigenvalue weighted by molar-refractivity contribution is -0.138. The molecule has 0 saturated carbocycles. The Bertz CT molecular complexity index is 2560. The average molecular weight is 1070 g/mol. The van der Waals surface area contributed by atoms with E-state index in [-0.39, 0.29) is 12.8 Å². The van der Waals surface area contributed by atoms with Crippen LogP contribution in [-0.2, 0) is 33.6 Å². The number of aliphatic carboxylic acids is 3. The Morgan fingerprint density at radius 2 is 0.667 bits per heavy atom. The molecule has 0 unspecified atom stereocenters. The fourth-order valence-corrected chi connectivity index (χ4v) is 12.1. The third-order valence-electron chi connectivity index (χ3n) is 13.7. The molecule has 0 aliphatic carbocycles. The maximum atomic E-state index is 10.8. The maximum absolute atomic E-state index is 10.8. The van der Waals surface area contributed by atoms with Crippen LogP contribution < -0.4 is 0 Å². The maximum Gasteiger partial charge on any atom is 0.303 e. The van der Waals surface area contributed by atoms with Gasteiger partial charge in [0.2, 0.25) is 0 Å². The summed E-state index contributed by atoms with van der Waals surface area (Å²) in [6.45, 7) is 13.5. The monoisotopic (exact) mass is 1070 g/mol. The molecule has 0 aliphatic heterocycles. The minimum Gasteiger partial charge on any atom is -0.481 e. The first-order valence-electron chi connectivity index (χ1n) is 27.3. The van der Waals surface area contributed by atoms with Crippen molar-refractivity contribution in [2.24, 2.45) is 0 Å². The van der Waals surface area contributed by atoms with Crippen LogP contribution in [0.5, 0.6) is 0 Å². The molecule has 6 nitrogen and oxygen atoms in total. The van der Waals surface area contributed by atoms with Crippen molar-refractivity contribution in [2.45, 2.75) is 206 Å². The number of carboxylic acid groups (broad SMARTS) is 3. The van der Waals surface area contributed by atoms with Gasteiger partial charge in [-0.25, -0.2) is 0 Å². The van der Waals surface area contributed by atoms with Crippen LogP contribution in [0.3, 0.4) is 0 Å². The van der Waals surface area contributed by atoms with Gasteiger partial charge in [-0.2, -0.15) is 0 Å². The van der Waals surface area contributed by atoms with E-state index in [1.165, 1.54) is 92.3 Å². The number of rotatable bonds is 30. The minimum atomic E-state index is -0.698. The number of carboxylic acids is 3. The zero-order chi connectivity index (χ0) is 54.2. The van der Waals surface area contributed by atoms with E-state index in [1.54, 1.807) is 23.5 Å². The average Bonchev–Trinajstić information content (AvgIpc) is 3.40. The van der Waals surface area contributed by atoms with Crippen LogP contribution in [0.4, 0.5) is 0 Å². The molecule has 0 radical (unpaired) electrons. The number of carbonyl (C=O) groups is 3. The molecule has 0 aliphatic rings. The van der Waals surface area contributed by atoms with Gasteiger partial charge in [-0.05, 0) is 198 Å². The molecular formula is C66H84O6S3. The summed E-state index contributed by atoms with van der Waals surface area (Å²) in [6.07, 6.45) is 19.7. The number of hydrogen-bond acceptors (Lipinski definition) is 6. The Morgan fingerprint density at radius 1 is 0.320 bits per heavy atom. The van der Waals surface area contributed by atoms with E-state index in [9.17, 15) is 14.4 Å². The SMILES string of the molecule is Cc1ccc(C)c(Sc2c(C)c(C)c(CCCCCCCC(=O)O)c(CCCCCCCC(=O)O)c2C)c1C.O=C(O)CCCCCCCc1ccc(Sc2ccccc2)cc1.c1ccc(Sc2ccccc2)cc1. The lowest BCUT2D eigenvalue weighted by atomic mass is 9.87. The molecule has 0 bridgehead atoms. The molecule has 6 aromatic rings. The van der Waals surface area contributed by atoms with Crippen LogP contribution >= 0.6 is 35.3 Å². The van der Waals surface area contributed by atoms with E-state index >= 15 is 0 Å². The fourth-order valence-electron chi connectivity index (χ4n) is 9.10. The first kappa shape index (κ1) is 62.3. The highest BCUT2D eigenvalue weighted by atomic mass is 32.2. The number of benzene rings is 6. The summed E-state index contributed by atoms with van der Waals surface area (Å²) in [6, 6.07) is 44.5. The quantitative estimate of drug-likeness (QED) is 0.0380. The van der Waals surface area contributed by atoms with Gasteiger partial charge in [-0.3, -0.25) is 14.4 Å². The lowest BCUT2D eigenvalue weighted by Gasteiger charge is -2.24.